The molecule has 0 radical (unpaired) electrons. The maximum absolute atomic E-state index is 12.9. The summed E-state index contributed by atoms with van der Waals surface area (Å²) in [6, 6.07) is 2.98. The van der Waals surface area contributed by atoms with Crippen LogP contribution in [0.2, 0.25) is 0 Å². The fraction of sp³-hybridized carbons (Fsp3) is 0.111. The molecule has 2 rings (SSSR count). The first-order valence-electron chi connectivity index (χ1n) is 7.45. The summed E-state index contributed by atoms with van der Waals surface area (Å²) in [5.74, 6) is -0.909. The monoisotopic (exact) mass is 363 g/mol. The lowest BCUT2D eigenvalue weighted by atomic mass is 10.0. The number of rotatable bonds is 4. The Labute approximate surface area is 147 Å². The van der Waals surface area contributed by atoms with Gasteiger partial charge in [0.2, 0.25) is 0 Å². The van der Waals surface area contributed by atoms with E-state index in [0.717, 1.165) is 12.1 Å². The summed E-state index contributed by atoms with van der Waals surface area (Å²) >= 11 is 0. The predicted molar refractivity (Wildman–Crippen MR) is 94.2 cm³/mol. The summed E-state index contributed by atoms with van der Waals surface area (Å²) in [5.41, 5.74) is 10.2. The van der Waals surface area contributed by atoms with Crippen molar-refractivity contribution in [3.8, 4) is 0 Å². The van der Waals surface area contributed by atoms with Gasteiger partial charge in [0.15, 0.2) is 5.69 Å². The fourth-order valence-electron chi connectivity index (χ4n) is 2.25. The van der Waals surface area contributed by atoms with Gasteiger partial charge < -0.3 is 16.6 Å². The average molecular weight is 363 g/mol. The van der Waals surface area contributed by atoms with E-state index in [1.165, 1.54) is 36.4 Å². The number of aromatic nitrogens is 1. The average Bonchev–Trinajstić information content (AvgIpc) is 2.57. The highest BCUT2D eigenvalue weighted by molar-refractivity contribution is 6.04. The van der Waals surface area contributed by atoms with E-state index in [4.69, 9.17) is 11.5 Å². The minimum absolute atomic E-state index is 0.0369. The Balaban J connectivity index is 2.66. The Morgan fingerprint density at radius 2 is 1.96 bits per heavy atom. The van der Waals surface area contributed by atoms with Gasteiger partial charge >= 0.3 is 6.18 Å². The maximum atomic E-state index is 12.9. The number of nitrogens with two attached hydrogens (primary N) is 2. The van der Waals surface area contributed by atoms with E-state index in [9.17, 15) is 23.1 Å². The molecule has 0 bridgehead atoms. The number of pyridine rings is 1. The molecule has 0 aliphatic carbocycles. The van der Waals surface area contributed by atoms with E-state index in [-0.39, 0.29) is 22.7 Å². The Bertz CT molecular complexity index is 945. The molecule has 1 aromatic heterocycles. The quantitative estimate of drug-likeness (QED) is 0.565. The van der Waals surface area contributed by atoms with Crippen LogP contribution in [-0.4, -0.2) is 16.0 Å². The third kappa shape index (κ3) is 4.02. The summed E-state index contributed by atoms with van der Waals surface area (Å²) in [7, 11) is 0. The van der Waals surface area contributed by atoms with Crippen molar-refractivity contribution in [2.24, 2.45) is 5.73 Å². The number of nitrogen functional groups attached to an aromatic ring is 1. The number of halogens is 3. The van der Waals surface area contributed by atoms with Crippen molar-refractivity contribution in [2.45, 2.75) is 13.1 Å². The lowest BCUT2D eigenvalue weighted by Crippen LogP contribution is -2.17. The molecule has 0 saturated carbocycles. The second kappa shape index (κ2) is 7.30. The first-order valence-corrected chi connectivity index (χ1v) is 7.45. The number of primary amides is 1. The molecule has 1 heterocycles. The zero-order valence-corrected chi connectivity index (χ0v) is 13.7. The van der Waals surface area contributed by atoms with Gasteiger partial charge in [-0.2, -0.15) is 13.2 Å². The normalized spacial score (nSPS) is 13.2. The lowest BCUT2D eigenvalue weighted by Gasteiger charge is -2.12. The molecule has 0 unspecified atom stereocenters. The number of allylic oxidation sites excluding steroid dienone is 4. The maximum Gasteiger partial charge on any atom is 0.416 e. The molecule has 1 aromatic carbocycles. The predicted octanol–water partition coefficient (Wildman–Crippen LogP) is 3.97. The van der Waals surface area contributed by atoms with E-state index in [0.29, 0.717) is 10.9 Å². The first kappa shape index (κ1) is 19.0. The topological polar surface area (TPSA) is 102 Å². The molecule has 5 nitrogen and oxygen atoms in total. The van der Waals surface area contributed by atoms with Crippen LogP contribution in [0, 0.1) is 0 Å². The van der Waals surface area contributed by atoms with Crippen molar-refractivity contribution < 1.29 is 23.1 Å². The van der Waals surface area contributed by atoms with E-state index in [1.807, 2.05) is 0 Å². The molecule has 5 N–H and O–H groups in total. The van der Waals surface area contributed by atoms with Crippen LogP contribution in [0.1, 0.15) is 28.5 Å². The fourth-order valence-corrected chi connectivity index (χ4v) is 2.25. The van der Waals surface area contributed by atoms with Crippen molar-refractivity contribution >= 4 is 28.6 Å². The molecule has 2 aromatic rings. The number of amides is 1. The summed E-state index contributed by atoms with van der Waals surface area (Å²) in [5, 5.41) is 9.68. The third-order valence-electron chi connectivity index (χ3n) is 3.56. The zero-order valence-electron chi connectivity index (χ0n) is 13.7. The molecular weight excluding hydrogens is 347 g/mol. The van der Waals surface area contributed by atoms with E-state index in [1.54, 1.807) is 6.92 Å². The van der Waals surface area contributed by atoms with Crippen molar-refractivity contribution in [3.05, 3.63) is 65.1 Å². The van der Waals surface area contributed by atoms with Crippen molar-refractivity contribution in [1.29, 1.82) is 0 Å². The molecule has 1 amide bonds. The van der Waals surface area contributed by atoms with Gasteiger partial charge in [0, 0.05) is 10.9 Å². The highest BCUT2D eigenvalue weighted by Gasteiger charge is 2.31. The number of aliphatic hydroxyl groups excluding tert-OH is 1. The lowest BCUT2D eigenvalue weighted by molar-refractivity contribution is -0.137. The molecule has 0 spiro atoms. The molecule has 0 saturated heterocycles. The van der Waals surface area contributed by atoms with Gasteiger partial charge in [0.05, 0.1) is 16.8 Å². The van der Waals surface area contributed by atoms with Crippen LogP contribution in [0.4, 0.5) is 18.9 Å². The third-order valence-corrected chi connectivity index (χ3v) is 3.56. The number of fused-ring (bicyclic) bond motifs is 1. The molecule has 26 heavy (non-hydrogen) atoms. The Kier molecular flexibility index (Phi) is 5.35. The Hall–Kier alpha value is -3.29. The van der Waals surface area contributed by atoms with Gasteiger partial charge in [-0.25, -0.2) is 4.98 Å². The second-order valence-electron chi connectivity index (χ2n) is 5.31. The SMILES string of the molecule is C/C=C(O)/C=C\C=C\c1c(N)c(C(N)=O)nc2cc(C(F)(F)F)ccc12. The number of carbonyl (C=O) groups is 1. The number of hydrogen-bond donors (Lipinski definition) is 3. The number of anilines is 1. The molecular formula is C18H16F3N3O2. The van der Waals surface area contributed by atoms with Crippen LogP contribution >= 0.6 is 0 Å². The van der Waals surface area contributed by atoms with E-state index >= 15 is 0 Å². The van der Waals surface area contributed by atoms with Crippen molar-refractivity contribution in [1.82, 2.24) is 4.98 Å². The van der Waals surface area contributed by atoms with Gasteiger partial charge in [-0.1, -0.05) is 24.3 Å². The minimum atomic E-state index is -4.55. The van der Waals surface area contributed by atoms with Crippen molar-refractivity contribution in [3.63, 3.8) is 0 Å². The highest BCUT2D eigenvalue weighted by Crippen LogP contribution is 2.34. The van der Waals surface area contributed by atoms with Gasteiger partial charge in [-0.15, -0.1) is 0 Å². The minimum Gasteiger partial charge on any atom is -0.508 e. The van der Waals surface area contributed by atoms with Crippen LogP contribution < -0.4 is 11.5 Å². The molecule has 0 aliphatic heterocycles. The van der Waals surface area contributed by atoms with Crippen molar-refractivity contribution in [2.75, 3.05) is 5.73 Å². The summed E-state index contributed by atoms with van der Waals surface area (Å²) < 4.78 is 38.7. The van der Waals surface area contributed by atoms with E-state index in [2.05, 4.69) is 4.98 Å². The number of nitrogens with zero attached hydrogens (tertiary/aromatic N) is 1. The van der Waals surface area contributed by atoms with Crippen LogP contribution in [0.25, 0.3) is 17.0 Å². The number of carbonyl (C=O) groups excluding carboxylic acids is 1. The molecule has 136 valence electrons. The van der Waals surface area contributed by atoms with Gasteiger partial charge in [-0.3, -0.25) is 4.79 Å². The standard InChI is InChI=1S/C18H16F3N3O2/c1-2-11(25)5-3-4-6-13-12-8-7-10(18(19,20)21)9-14(12)24-16(15(13)22)17(23)26/h2-9,25H,22H2,1H3,(H2,23,26)/b5-3-,6-4+,11-2-. The summed E-state index contributed by atoms with van der Waals surface area (Å²) in [6.45, 7) is 1.65. The van der Waals surface area contributed by atoms with Crippen LogP contribution in [0.5, 0.6) is 0 Å². The number of hydrogen-bond acceptors (Lipinski definition) is 4. The Morgan fingerprint density at radius 3 is 2.54 bits per heavy atom. The van der Waals surface area contributed by atoms with Gasteiger partial charge in [0.25, 0.3) is 5.91 Å². The molecule has 0 fully saturated rings. The van der Waals surface area contributed by atoms with Crippen LogP contribution in [0.15, 0.2) is 48.3 Å². The zero-order chi connectivity index (χ0) is 19.5. The largest absolute Gasteiger partial charge is 0.508 e. The Morgan fingerprint density at radius 1 is 1.27 bits per heavy atom. The highest BCUT2D eigenvalue weighted by atomic mass is 19.4. The molecule has 0 atom stereocenters. The number of aliphatic hydroxyl groups is 1. The van der Waals surface area contributed by atoms with E-state index < -0.39 is 17.6 Å². The smallest absolute Gasteiger partial charge is 0.416 e. The number of benzene rings is 1. The molecule has 0 aliphatic rings. The first-order chi connectivity index (χ1) is 12.1. The van der Waals surface area contributed by atoms with Crippen LogP contribution in [-0.2, 0) is 6.18 Å². The summed E-state index contributed by atoms with van der Waals surface area (Å²) in [6.07, 6.45) is 2.87. The summed E-state index contributed by atoms with van der Waals surface area (Å²) in [4.78, 5) is 15.4. The van der Waals surface area contributed by atoms with Crippen LogP contribution in [0.3, 0.4) is 0 Å². The van der Waals surface area contributed by atoms with Gasteiger partial charge in [-0.05, 0) is 31.2 Å². The second-order valence-corrected chi connectivity index (χ2v) is 5.31. The number of alkyl halides is 3. The van der Waals surface area contributed by atoms with Gasteiger partial charge in [0.1, 0.15) is 5.76 Å². The molecule has 8 heteroatoms.